The lowest BCUT2D eigenvalue weighted by Gasteiger charge is -2.24. The molecule has 232 valence electrons. The van der Waals surface area contributed by atoms with Crippen LogP contribution < -0.4 is 19.6 Å². The summed E-state index contributed by atoms with van der Waals surface area (Å²) < 4.78 is 14.3. The molecule has 1 aromatic heterocycles. The van der Waals surface area contributed by atoms with Gasteiger partial charge < -0.3 is 9.47 Å². The predicted molar refractivity (Wildman–Crippen MR) is 181 cm³/mol. The molecule has 0 aliphatic carbocycles. The van der Waals surface area contributed by atoms with Gasteiger partial charge in [0.25, 0.3) is 11.2 Å². The first-order valence-corrected chi connectivity index (χ1v) is 16.6. The molecule has 0 saturated heterocycles. The van der Waals surface area contributed by atoms with Crippen molar-refractivity contribution in [1.82, 2.24) is 4.57 Å². The summed E-state index contributed by atoms with van der Waals surface area (Å²) in [6, 6.07) is 12.5. The number of carbonyl (C=O) groups excluding carboxylic acids is 1. The van der Waals surface area contributed by atoms with E-state index in [0.717, 1.165) is 16.9 Å². The van der Waals surface area contributed by atoms with Crippen LogP contribution in [0.1, 0.15) is 42.1 Å². The van der Waals surface area contributed by atoms with Gasteiger partial charge in [-0.15, -0.1) is 0 Å². The van der Waals surface area contributed by atoms with Gasteiger partial charge in [0.1, 0.15) is 12.4 Å². The van der Waals surface area contributed by atoms with E-state index in [-0.39, 0.29) is 24.5 Å². The quantitative estimate of drug-likeness (QED) is 0.104. The molecule has 0 saturated carbocycles. The fourth-order valence-corrected chi connectivity index (χ4v) is 7.80. The van der Waals surface area contributed by atoms with Crippen molar-refractivity contribution < 1.29 is 19.2 Å². The molecule has 0 bridgehead atoms. The van der Waals surface area contributed by atoms with Crippen molar-refractivity contribution in [3.05, 3.63) is 131 Å². The molecule has 4 aromatic rings. The van der Waals surface area contributed by atoms with Crippen LogP contribution in [-0.4, -0.2) is 22.1 Å². The monoisotopic (exact) mass is 793 g/mol. The summed E-state index contributed by atoms with van der Waals surface area (Å²) in [5, 5.41) is 12.8. The second kappa shape index (κ2) is 13.6. The number of nitro benzene ring substituents is 1. The molecular weight excluding hydrogens is 773 g/mol. The Labute approximate surface area is 287 Å². The zero-order valence-corrected chi connectivity index (χ0v) is 29.4. The first-order chi connectivity index (χ1) is 21.4. The van der Waals surface area contributed by atoms with Gasteiger partial charge >= 0.3 is 5.97 Å². The summed E-state index contributed by atoms with van der Waals surface area (Å²) in [5.74, 6) is -0.111. The number of thiazole rings is 1. The van der Waals surface area contributed by atoms with Crippen molar-refractivity contribution in [3.63, 3.8) is 0 Å². The number of halogens is 4. The number of hydrogen-bond acceptors (Lipinski definition) is 8. The smallest absolute Gasteiger partial charge is 0.338 e. The highest BCUT2D eigenvalue weighted by molar-refractivity contribution is 9.11. The van der Waals surface area contributed by atoms with Crippen LogP contribution in [0, 0.1) is 17.0 Å². The predicted octanol–water partition coefficient (Wildman–Crippen LogP) is 7.43. The molecule has 1 atom stereocenters. The third-order valence-corrected chi connectivity index (χ3v) is 9.72. The number of allylic oxidation sites excluding steroid dienone is 1. The van der Waals surface area contributed by atoms with E-state index in [0.29, 0.717) is 56.5 Å². The van der Waals surface area contributed by atoms with Gasteiger partial charge in [0.15, 0.2) is 4.80 Å². The van der Waals surface area contributed by atoms with E-state index >= 15 is 0 Å². The summed E-state index contributed by atoms with van der Waals surface area (Å²) in [6.07, 6.45) is 1.71. The molecule has 0 N–H and O–H groups in total. The topological polar surface area (TPSA) is 113 Å². The van der Waals surface area contributed by atoms with Crippen LogP contribution in [0.25, 0.3) is 6.08 Å². The zero-order valence-electron chi connectivity index (χ0n) is 23.9. The van der Waals surface area contributed by atoms with Crippen LogP contribution in [0.4, 0.5) is 5.69 Å². The number of fused-ring (bicyclic) bond motifs is 1. The molecule has 0 radical (unpaired) electrons. The SMILES string of the molecule is CCOC(=O)C1=C(C)N=c2s/c(=C/c3cc(Br)c(OCc4ccc(Cl)cc4Cl)c(Br)c3)c(=O)n2[C@@H]1c1ccc(C)c([N+](=O)[O-])c1. The van der Waals surface area contributed by atoms with Crippen LogP contribution in [0.2, 0.25) is 10.0 Å². The number of nitrogens with zero attached hydrogens (tertiary/aromatic N) is 3. The number of esters is 1. The van der Waals surface area contributed by atoms with Crippen LogP contribution in [0.5, 0.6) is 5.75 Å². The van der Waals surface area contributed by atoms with Crippen LogP contribution in [0.3, 0.4) is 0 Å². The minimum absolute atomic E-state index is 0.108. The Morgan fingerprint density at radius 2 is 1.84 bits per heavy atom. The van der Waals surface area contributed by atoms with Crippen molar-refractivity contribution in [3.8, 4) is 5.75 Å². The molecule has 0 unspecified atom stereocenters. The first-order valence-electron chi connectivity index (χ1n) is 13.4. The van der Waals surface area contributed by atoms with E-state index in [1.54, 1.807) is 69.3 Å². The molecule has 0 spiro atoms. The Morgan fingerprint density at radius 1 is 1.13 bits per heavy atom. The average molecular weight is 796 g/mol. The maximum Gasteiger partial charge on any atom is 0.338 e. The summed E-state index contributed by atoms with van der Waals surface area (Å²) >= 11 is 20.6. The molecule has 45 heavy (non-hydrogen) atoms. The van der Waals surface area contributed by atoms with Crippen molar-refractivity contribution in [2.24, 2.45) is 4.99 Å². The molecule has 2 heterocycles. The van der Waals surface area contributed by atoms with Gasteiger partial charge in [-0.2, -0.15) is 0 Å². The molecule has 9 nitrogen and oxygen atoms in total. The number of nitro groups is 1. The van der Waals surface area contributed by atoms with Crippen molar-refractivity contribution >= 4 is 84.1 Å². The Morgan fingerprint density at radius 3 is 2.49 bits per heavy atom. The summed E-state index contributed by atoms with van der Waals surface area (Å²) in [5.41, 5.74) is 2.26. The van der Waals surface area contributed by atoms with Gasteiger partial charge in [0, 0.05) is 27.2 Å². The molecule has 3 aromatic carbocycles. The fraction of sp³-hybridized carbons (Fsp3) is 0.194. The number of hydrogen-bond donors (Lipinski definition) is 0. The number of benzene rings is 3. The zero-order chi connectivity index (χ0) is 32.6. The Balaban J connectivity index is 1.58. The number of aromatic nitrogens is 1. The molecular formula is C31H23Br2Cl2N3O6S. The van der Waals surface area contributed by atoms with Gasteiger partial charge in [-0.3, -0.25) is 19.5 Å². The lowest BCUT2D eigenvalue weighted by atomic mass is 9.94. The maximum atomic E-state index is 14.0. The standard InChI is InChI=1S/C31H23Br2Cl2N3O6S/c1-4-43-30(40)26-16(3)36-31-37(27(26)18-6-5-15(2)24(12-18)38(41)42)29(39)25(45-31)11-17-9-21(32)28(22(33)10-17)44-14-19-7-8-20(34)13-23(19)35/h5-13,27H,4,14H2,1-3H3/b25-11+/t27-/m1/s1. The highest BCUT2D eigenvalue weighted by Crippen LogP contribution is 2.37. The molecule has 14 heteroatoms. The van der Waals surface area contributed by atoms with E-state index in [4.69, 9.17) is 32.7 Å². The molecule has 1 aliphatic rings. The molecule has 1 aliphatic heterocycles. The molecule has 5 rings (SSSR count). The second-order valence-corrected chi connectivity index (χ2v) is 13.5. The van der Waals surface area contributed by atoms with Gasteiger partial charge in [0.05, 0.1) is 42.3 Å². The summed E-state index contributed by atoms with van der Waals surface area (Å²) in [6.45, 7) is 5.26. The third-order valence-electron chi connectivity index (χ3n) is 6.97. The van der Waals surface area contributed by atoms with E-state index in [1.165, 1.54) is 10.6 Å². The first kappa shape index (κ1) is 33.1. The Kier molecular flexibility index (Phi) is 10.00. The maximum absolute atomic E-state index is 14.0. The van der Waals surface area contributed by atoms with Crippen LogP contribution >= 0.6 is 66.4 Å². The van der Waals surface area contributed by atoms with Crippen LogP contribution in [0.15, 0.2) is 78.5 Å². The molecule has 0 fully saturated rings. The highest BCUT2D eigenvalue weighted by Gasteiger charge is 2.34. The third kappa shape index (κ3) is 6.80. The number of carbonyl (C=O) groups is 1. The minimum Gasteiger partial charge on any atom is -0.486 e. The van der Waals surface area contributed by atoms with Crippen molar-refractivity contribution in [2.75, 3.05) is 6.61 Å². The number of ether oxygens (including phenoxy) is 2. The van der Waals surface area contributed by atoms with Crippen molar-refractivity contribution in [1.29, 1.82) is 0 Å². The average Bonchev–Trinajstić information content (AvgIpc) is 3.26. The summed E-state index contributed by atoms with van der Waals surface area (Å²) in [4.78, 5) is 43.3. The van der Waals surface area contributed by atoms with E-state index in [9.17, 15) is 19.7 Å². The fourth-order valence-electron chi connectivity index (χ4n) is 4.84. The highest BCUT2D eigenvalue weighted by atomic mass is 79.9. The summed E-state index contributed by atoms with van der Waals surface area (Å²) in [7, 11) is 0. The lowest BCUT2D eigenvalue weighted by Crippen LogP contribution is -2.40. The largest absolute Gasteiger partial charge is 0.486 e. The number of aryl methyl sites for hydroxylation is 1. The van der Waals surface area contributed by atoms with E-state index < -0.39 is 22.5 Å². The lowest BCUT2D eigenvalue weighted by molar-refractivity contribution is -0.385. The number of rotatable bonds is 8. The minimum atomic E-state index is -0.976. The van der Waals surface area contributed by atoms with Gasteiger partial charge in [-0.05, 0) is 94.1 Å². The van der Waals surface area contributed by atoms with Crippen molar-refractivity contribution in [2.45, 2.75) is 33.4 Å². The Hall–Kier alpha value is -3.29. The Bertz CT molecular complexity index is 2070. The van der Waals surface area contributed by atoms with E-state index in [2.05, 4.69) is 36.9 Å². The van der Waals surface area contributed by atoms with Gasteiger partial charge in [-0.1, -0.05) is 52.7 Å². The van der Waals surface area contributed by atoms with Gasteiger partial charge in [0.2, 0.25) is 0 Å². The van der Waals surface area contributed by atoms with Gasteiger partial charge in [-0.25, -0.2) is 9.79 Å². The second-order valence-electron chi connectivity index (χ2n) is 9.94. The van der Waals surface area contributed by atoms with Crippen LogP contribution in [-0.2, 0) is 16.1 Å². The molecule has 0 amide bonds. The van der Waals surface area contributed by atoms with E-state index in [1.807, 2.05) is 0 Å². The normalized spacial score (nSPS) is 14.6.